The van der Waals surface area contributed by atoms with E-state index in [-0.39, 0.29) is 0 Å². The van der Waals surface area contributed by atoms with Crippen molar-refractivity contribution in [1.29, 1.82) is 5.26 Å². The number of nitrogens with one attached hydrogen (secondary N) is 1. The van der Waals surface area contributed by atoms with Crippen LogP contribution in [0.2, 0.25) is 0 Å². The van der Waals surface area contributed by atoms with Crippen LogP contribution >= 0.6 is 0 Å². The van der Waals surface area contributed by atoms with Crippen LogP contribution in [0.1, 0.15) is 61.8 Å². The van der Waals surface area contributed by atoms with Gasteiger partial charge in [0.05, 0.1) is 18.5 Å². The first kappa shape index (κ1) is 16.6. The Balaban J connectivity index is 1.97. The highest BCUT2D eigenvalue weighted by Crippen LogP contribution is 2.46. The van der Waals surface area contributed by atoms with Gasteiger partial charge in [-0.2, -0.15) is 5.26 Å². The second-order valence-electron chi connectivity index (χ2n) is 6.88. The molecule has 0 saturated carbocycles. The maximum atomic E-state index is 8.98. The molecule has 1 heterocycles. The minimum absolute atomic E-state index is 0.363. The highest BCUT2D eigenvalue weighted by Gasteiger charge is 2.34. The summed E-state index contributed by atoms with van der Waals surface area (Å²) in [5, 5.41) is 12.8. The highest BCUT2D eigenvalue weighted by atomic mass is 14.9. The van der Waals surface area contributed by atoms with Crippen LogP contribution in [-0.2, 0) is 6.42 Å². The van der Waals surface area contributed by atoms with Crippen LogP contribution in [0.25, 0.3) is 0 Å². The molecular weight excluding hydrogens is 292 g/mol. The summed E-state index contributed by atoms with van der Waals surface area (Å²) in [6, 6.07) is 19.9. The van der Waals surface area contributed by atoms with Gasteiger partial charge in [-0.1, -0.05) is 69.2 Å². The minimum atomic E-state index is 0.363. The largest absolute Gasteiger partial charge is 0.378 e. The summed E-state index contributed by atoms with van der Waals surface area (Å²) in [6.07, 6.45) is 4.20. The van der Waals surface area contributed by atoms with Crippen LogP contribution in [0.3, 0.4) is 0 Å². The number of hydrogen-bond donors (Lipinski definition) is 1. The average molecular weight is 318 g/mol. The molecule has 1 unspecified atom stereocenters. The molecule has 24 heavy (non-hydrogen) atoms. The lowest BCUT2D eigenvalue weighted by Crippen LogP contribution is -2.30. The third kappa shape index (κ3) is 3.31. The zero-order chi connectivity index (χ0) is 16.9. The average Bonchev–Trinajstić information content (AvgIpc) is 2.62. The van der Waals surface area contributed by atoms with E-state index >= 15 is 0 Å². The number of nitriles is 1. The van der Waals surface area contributed by atoms with Crippen LogP contribution in [0.15, 0.2) is 48.5 Å². The van der Waals surface area contributed by atoms with Gasteiger partial charge in [-0.15, -0.1) is 0 Å². The van der Waals surface area contributed by atoms with Gasteiger partial charge in [-0.05, 0) is 41.0 Å². The summed E-state index contributed by atoms with van der Waals surface area (Å²) in [6.45, 7) is 4.61. The Morgan fingerprint density at radius 3 is 2.62 bits per heavy atom. The summed E-state index contributed by atoms with van der Waals surface area (Å²) in [7, 11) is 0. The van der Waals surface area contributed by atoms with Crippen molar-refractivity contribution in [2.75, 3.05) is 5.32 Å². The van der Waals surface area contributed by atoms with Gasteiger partial charge in [0.25, 0.3) is 0 Å². The van der Waals surface area contributed by atoms with E-state index in [1.54, 1.807) is 0 Å². The van der Waals surface area contributed by atoms with Gasteiger partial charge in [0.1, 0.15) is 0 Å². The molecule has 2 aromatic rings. The molecule has 1 aliphatic rings. The molecule has 0 radical (unpaired) electrons. The standard InChI is InChI=1S/C22H26N2/c1-3-4-10-19-16(2)20-15-17(13-14-23)11-12-21(20)24-22(19)18-8-6-5-7-9-18/h5-9,11-12,15-16,19,22,24H,3-4,10,13H2,1-2H3/t16?,19-,22+/m1/s1. The van der Waals surface area contributed by atoms with E-state index < -0.39 is 0 Å². The highest BCUT2D eigenvalue weighted by molar-refractivity contribution is 5.58. The van der Waals surface area contributed by atoms with E-state index in [9.17, 15) is 0 Å². The maximum Gasteiger partial charge on any atom is 0.0669 e. The van der Waals surface area contributed by atoms with Crippen molar-refractivity contribution in [2.24, 2.45) is 5.92 Å². The number of unbranched alkanes of at least 4 members (excludes halogenated alkanes) is 1. The van der Waals surface area contributed by atoms with Crippen LogP contribution in [0.4, 0.5) is 5.69 Å². The fourth-order valence-corrected chi connectivity index (χ4v) is 3.96. The van der Waals surface area contributed by atoms with Gasteiger partial charge in [0, 0.05) is 5.69 Å². The van der Waals surface area contributed by atoms with Crippen molar-refractivity contribution >= 4 is 5.69 Å². The van der Waals surface area contributed by atoms with Gasteiger partial charge >= 0.3 is 0 Å². The number of benzene rings is 2. The lowest BCUT2D eigenvalue weighted by molar-refractivity contribution is 0.341. The zero-order valence-electron chi connectivity index (χ0n) is 14.6. The second-order valence-corrected chi connectivity index (χ2v) is 6.88. The predicted octanol–water partition coefficient (Wildman–Crippen LogP) is 5.83. The Morgan fingerprint density at radius 2 is 1.92 bits per heavy atom. The third-order valence-electron chi connectivity index (χ3n) is 5.32. The molecule has 124 valence electrons. The Morgan fingerprint density at radius 1 is 1.12 bits per heavy atom. The lowest BCUT2D eigenvalue weighted by Gasteiger charge is -2.40. The molecule has 3 rings (SSSR count). The molecule has 1 N–H and O–H groups in total. The van der Waals surface area contributed by atoms with E-state index in [1.165, 1.54) is 36.1 Å². The van der Waals surface area contributed by atoms with E-state index in [4.69, 9.17) is 5.26 Å². The number of rotatable bonds is 5. The molecule has 2 nitrogen and oxygen atoms in total. The lowest BCUT2D eigenvalue weighted by atomic mass is 9.73. The molecular formula is C22H26N2. The van der Waals surface area contributed by atoms with Crippen LogP contribution < -0.4 is 5.32 Å². The van der Waals surface area contributed by atoms with Crippen molar-refractivity contribution in [1.82, 2.24) is 0 Å². The normalized spacial score (nSPS) is 22.3. The molecule has 0 fully saturated rings. The van der Waals surface area contributed by atoms with Crippen molar-refractivity contribution in [2.45, 2.75) is 51.5 Å². The first-order valence-corrected chi connectivity index (χ1v) is 9.05. The van der Waals surface area contributed by atoms with E-state index in [0.29, 0.717) is 24.3 Å². The minimum Gasteiger partial charge on any atom is -0.378 e. The predicted molar refractivity (Wildman–Crippen MR) is 100.0 cm³/mol. The van der Waals surface area contributed by atoms with Crippen molar-refractivity contribution < 1.29 is 0 Å². The first-order valence-electron chi connectivity index (χ1n) is 9.05. The topological polar surface area (TPSA) is 35.8 Å². The summed E-state index contributed by atoms with van der Waals surface area (Å²) in [4.78, 5) is 0. The molecule has 3 atom stereocenters. The number of fused-ring (bicyclic) bond motifs is 1. The summed E-state index contributed by atoms with van der Waals surface area (Å²) in [5.41, 5.74) is 5.09. The quantitative estimate of drug-likeness (QED) is 0.753. The fraction of sp³-hybridized carbons (Fsp3) is 0.409. The Hall–Kier alpha value is -2.27. The zero-order valence-corrected chi connectivity index (χ0v) is 14.6. The molecule has 2 aromatic carbocycles. The van der Waals surface area contributed by atoms with Gasteiger partial charge in [-0.3, -0.25) is 0 Å². The summed E-state index contributed by atoms with van der Waals surface area (Å²) < 4.78 is 0. The van der Waals surface area contributed by atoms with Crippen LogP contribution in [-0.4, -0.2) is 0 Å². The number of hydrogen-bond acceptors (Lipinski definition) is 2. The molecule has 0 aliphatic carbocycles. The van der Waals surface area contributed by atoms with E-state index in [0.717, 1.165) is 5.56 Å². The monoisotopic (exact) mass is 318 g/mol. The van der Waals surface area contributed by atoms with E-state index in [1.807, 2.05) is 0 Å². The van der Waals surface area contributed by atoms with Gasteiger partial charge in [-0.25, -0.2) is 0 Å². The Bertz CT molecular complexity index is 714. The second kappa shape index (κ2) is 7.53. The number of anilines is 1. The van der Waals surface area contributed by atoms with Crippen molar-refractivity contribution in [3.05, 3.63) is 65.2 Å². The first-order chi connectivity index (χ1) is 11.7. The number of nitrogens with zero attached hydrogens (tertiary/aromatic N) is 1. The molecule has 0 aromatic heterocycles. The third-order valence-corrected chi connectivity index (χ3v) is 5.32. The molecule has 0 spiro atoms. The maximum absolute atomic E-state index is 8.98. The van der Waals surface area contributed by atoms with Crippen LogP contribution in [0, 0.1) is 17.2 Å². The summed E-state index contributed by atoms with van der Waals surface area (Å²) >= 11 is 0. The van der Waals surface area contributed by atoms with Crippen molar-refractivity contribution in [3.8, 4) is 6.07 Å². The Kier molecular flexibility index (Phi) is 5.20. The van der Waals surface area contributed by atoms with Gasteiger partial charge in [0.2, 0.25) is 0 Å². The van der Waals surface area contributed by atoms with Crippen LogP contribution in [0.5, 0.6) is 0 Å². The van der Waals surface area contributed by atoms with Crippen molar-refractivity contribution in [3.63, 3.8) is 0 Å². The molecule has 0 amide bonds. The Labute approximate surface area is 145 Å². The fourth-order valence-electron chi connectivity index (χ4n) is 3.96. The molecule has 0 saturated heterocycles. The van der Waals surface area contributed by atoms with E-state index in [2.05, 4.69) is 73.8 Å². The molecule has 2 heteroatoms. The molecule has 0 bridgehead atoms. The SMILES string of the molecule is CCCC[C@@H]1C(C)c2cc(CC#N)ccc2N[C@H]1c1ccccc1. The summed E-state index contributed by atoms with van der Waals surface area (Å²) in [5.74, 6) is 1.08. The van der Waals surface area contributed by atoms with Gasteiger partial charge < -0.3 is 5.32 Å². The smallest absolute Gasteiger partial charge is 0.0669 e. The molecule has 1 aliphatic heterocycles. The van der Waals surface area contributed by atoms with Gasteiger partial charge in [0.15, 0.2) is 0 Å².